The highest BCUT2D eigenvalue weighted by Gasteiger charge is 2.23. The Bertz CT molecular complexity index is 1270. The van der Waals surface area contributed by atoms with E-state index < -0.39 is 10.8 Å². The summed E-state index contributed by atoms with van der Waals surface area (Å²) in [6.07, 6.45) is 9.79. The van der Waals surface area contributed by atoms with E-state index in [9.17, 15) is 4.21 Å². The maximum Gasteiger partial charge on any atom is 0.138 e. The quantitative estimate of drug-likeness (QED) is 0.336. The van der Waals surface area contributed by atoms with Crippen molar-refractivity contribution in [1.29, 1.82) is 0 Å². The van der Waals surface area contributed by atoms with E-state index in [4.69, 9.17) is 14.5 Å². The number of methoxy groups -OCH3 is 1. The second-order valence-electron chi connectivity index (χ2n) is 8.65. The van der Waals surface area contributed by atoms with E-state index in [-0.39, 0.29) is 6.10 Å². The molecule has 2 aromatic heterocycles. The molecule has 0 aliphatic heterocycles. The van der Waals surface area contributed by atoms with Crippen molar-refractivity contribution in [3.63, 3.8) is 0 Å². The number of rotatable bonds is 8. The molecule has 6 nitrogen and oxygen atoms in total. The molecule has 0 radical (unpaired) electrons. The molecule has 1 fully saturated rings. The van der Waals surface area contributed by atoms with Gasteiger partial charge < -0.3 is 14.0 Å². The normalized spacial score (nSPS) is 15.4. The van der Waals surface area contributed by atoms with E-state index in [0.29, 0.717) is 28.7 Å². The van der Waals surface area contributed by atoms with Crippen molar-refractivity contribution in [3.8, 4) is 5.75 Å². The predicted molar refractivity (Wildman–Crippen MR) is 132 cm³/mol. The predicted octanol–water partition coefficient (Wildman–Crippen LogP) is 5.50. The van der Waals surface area contributed by atoms with Gasteiger partial charge in [0.1, 0.15) is 18.3 Å². The van der Waals surface area contributed by atoms with Crippen LogP contribution < -0.4 is 4.74 Å². The molecular weight excluding hydrogens is 446 g/mol. The minimum Gasteiger partial charge on any atom is -0.489 e. The first-order valence-electron chi connectivity index (χ1n) is 11.8. The molecule has 1 aliphatic rings. The average Bonchev–Trinajstić information content (AvgIpc) is 3.21. The number of fused-ring (bicyclic) bond motifs is 1. The molecule has 2 aromatic carbocycles. The fourth-order valence-electron chi connectivity index (χ4n) is 4.56. The van der Waals surface area contributed by atoms with Gasteiger partial charge in [-0.3, -0.25) is 4.98 Å². The molecule has 0 amide bonds. The Morgan fingerprint density at radius 1 is 1.03 bits per heavy atom. The van der Waals surface area contributed by atoms with Gasteiger partial charge in [0.05, 0.1) is 32.8 Å². The summed E-state index contributed by atoms with van der Waals surface area (Å²) < 4.78 is 27.7. The third kappa shape index (κ3) is 4.91. The van der Waals surface area contributed by atoms with Crippen LogP contribution in [0.15, 0.2) is 76.8 Å². The number of hydrogen-bond acceptors (Lipinski definition) is 5. The van der Waals surface area contributed by atoms with Crippen molar-refractivity contribution in [3.05, 3.63) is 78.4 Å². The molecule has 1 saturated carbocycles. The number of benzene rings is 2. The minimum absolute atomic E-state index is 0.143. The second kappa shape index (κ2) is 10.5. The van der Waals surface area contributed by atoms with Crippen LogP contribution in [0.5, 0.6) is 5.75 Å². The number of imidazole rings is 1. The number of hydrogen-bond donors (Lipinski definition) is 0. The van der Waals surface area contributed by atoms with E-state index in [1.54, 1.807) is 31.6 Å². The summed E-state index contributed by atoms with van der Waals surface area (Å²) in [6.45, 7) is 0.364. The minimum atomic E-state index is -1.41. The number of aromatic nitrogens is 3. The smallest absolute Gasteiger partial charge is 0.138 e. The SMILES string of the molecule is COCn1c(Cc2ccccc2)nc2cc(OC3CCCCC3)c(S(=O)c3ccncc3)cc21. The molecule has 1 unspecified atom stereocenters. The molecule has 0 spiro atoms. The number of ether oxygens (including phenoxy) is 2. The van der Waals surface area contributed by atoms with Crippen LogP contribution in [-0.4, -0.2) is 32.0 Å². The van der Waals surface area contributed by atoms with E-state index in [2.05, 4.69) is 21.7 Å². The molecule has 0 N–H and O–H groups in total. The van der Waals surface area contributed by atoms with Crippen LogP contribution >= 0.6 is 0 Å². The maximum atomic E-state index is 13.7. The Hall–Kier alpha value is -3.03. The zero-order valence-electron chi connectivity index (χ0n) is 19.4. The number of nitrogens with zero attached hydrogens (tertiary/aromatic N) is 3. The van der Waals surface area contributed by atoms with Crippen molar-refractivity contribution in [2.45, 2.75) is 61.2 Å². The highest BCUT2D eigenvalue weighted by Crippen LogP contribution is 2.34. The van der Waals surface area contributed by atoms with Gasteiger partial charge in [-0.15, -0.1) is 0 Å². The Labute approximate surface area is 202 Å². The maximum absolute atomic E-state index is 13.7. The van der Waals surface area contributed by atoms with Gasteiger partial charge in [0.25, 0.3) is 0 Å². The highest BCUT2D eigenvalue weighted by atomic mass is 32.2. The lowest BCUT2D eigenvalue weighted by molar-refractivity contribution is 0.132. The highest BCUT2D eigenvalue weighted by molar-refractivity contribution is 7.85. The molecule has 4 aromatic rings. The molecule has 1 atom stereocenters. The number of pyridine rings is 1. The molecule has 7 heteroatoms. The van der Waals surface area contributed by atoms with E-state index in [0.717, 1.165) is 29.7 Å². The standard InChI is InChI=1S/C27H29N3O3S/c1-32-19-30-24-18-26(34(31)22-12-14-28-15-13-22)25(33-21-10-6-3-7-11-21)17-23(24)29-27(30)16-20-8-4-2-5-9-20/h2,4-5,8-9,12-15,17-18,21H,3,6-7,10-11,16,19H2,1H3. The van der Waals surface area contributed by atoms with Crippen molar-refractivity contribution in [1.82, 2.24) is 14.5 Å². The van der Waals surface area contributed by atoms with Gasteiger partial charge in [-0.2, -0.15) is 0 Å². The molecule has 0 bridgehead atoms. The Balaban J connectivity index is 1.61. The molecule has 176 valence electrons. The van der Waals surface area contributed by atoms with E-state index in [1.165, 1.54) is 24.8 Å². The van der Waals surface area contributed by atoms with Gasteiger partial charge in [0.2, 0.25) is 0 Å². The van der Waals surface area contributed by atoms with Gasteiger partial charge in [-0.25, -0.2) is 9.19 Å². The van der Waals surface area contributed by atoms with E-state index in [1.807, 2.05) is 30.3 Å². The summed E-state index contributed by atoms with van der Waals surface area (Å²) in [4.78, 5) is 10.4. The van der Waals surface area contributed by atoms with Crippen LogP contribution in [0.4, 0.5) is 0 Å². The molecule has 0 saturated heterocycles. The monoisotopic (exact) mass is 475 g/mol. The van der Waals surface area contributed by atoms with Gasteiger partial charge in [-0.05, 0) is 49.4 Å². The first kappa shape index (κ1) is 22.7. The first-order chi connectivity index (χ1) is 16.7. The van der Waals surface area contributed by atoms with Crippen LogP contribution in [0.25, 0.3) is 11.0 Å². The fraction of sp³-hybridized carbons (Fsp3) is 0.333. The molecular formula is C27H29N3O3S. The van der Waals surface area contributed by atoms with Crippen LogP contribution in [-0.2, 0) is 28.7 Å². The van der Waals surface area contributed by atoms with Gasteiger partial charge in [0, 0.05) is 36.9 Å². The van der Waals surface area contributed by atoms with Crippen molar-refractivity contribution in [2.24, 2.45) is 0 Å². The third-order valence-corrected chi connectivity index (χ3v) is 7.68. The summed E-state index contributed by atoms with van der Waals surface area (Å²) in [5, 5.41) is 0. The summed E-state index contributed by atoms with van der Waals surface area (Å²) >= 11 is 0. The zero-order chi connectivity index (χ0) is 23.3. The topological polar surface area (TPSA) is 66.2 Å². The molecule has 2 heterocycles. The average molecular weight is 476 g/mol. The van der Waals surface area contributed by atoms with Crippen molar-refractivity contribution >= 4 is 21.8 Å². The third-order valence-electron chi connectivity index (χ3n) is 6.27. The lowest BCUT2D eigenvalue weighted by Gasteiger charge is -2.24. The lowest BCUT2D eigenvalue weighted by atomic mass is 9.98. The van der Waals surface area contributed by atoms with Crippen molar-refractivity contribution < 1.29 is 13.7 Å². The Morgan fingerprint density at radius 3 is 2.53 bits per heavy atom. The molecule has 34 heavy (non-hydrogen) atoms. The van der Waals surface area contributed by atoms with Crippen LogP contribution in [0, 0.1) is 0 Å². The molecule has 1 aliphatic carbocycles. The van der Waals surface area contributed by atoms with Crippen LogP contribution in [0.3, 0.4) is 0 Å². The largest absolute Gasteiger partial charge is 0.489 e. The zero-order valence-corrected chi connectivity index (χ0v) is 20.2. The Kier molecular flexibility index (Phi) is 7.02. The van der Waals surface area contributed by atoms with E-state index >= 15 is 0 Å². The van der Waals surface area contributed by atoms with Crippen LogP contribution in [0.1, 0.15) is 43.5 Å². The summed E-state index contributed by atoms with van der Waals surface area (Å²) in [7, 11) is 0.269. The fourth-order valence-corrected chi connectivity index (χ4v) is 5.69. The van der Waals surface area contributed by atoms with Gasteiger partial charge in [-0.1, -0.05) is 36.8 Å². The van der Waals surface area contributed by atoms with Crippen molar-refractivity contribution in [2.75, 3.05) is 7.11 Å². The molecule has 5 rings (SSSR count). The lowest BCUT2D eigenvalue weighted by Crippen LogP contribution is -2.20. The Morgan fingerprint density at radius 2 is 1.79 bits per heavy atom. The summed E-state index contributed by atoms with van der Waals surface area (Å²) in [6, 6.07) is 17.8. The summed E-state index contributed by atoms with van der Waals surface area (Å²) in [5.41, 5.74) is 2.89. The summed E-state index contributed by atoms with van der Waals surface area (Å²) in [5.74, 6) is 1.56. The van der Waals surface area contributed by atoms with Crippen LogP contribution in [0.2, 0.25) is 0 Å². The van der Waals surface area contributed by atoms with Gasteiger partial charge >= 0.3 is 0 Å². The first-order valence-corrected chi connectivity index (χ1v) is 12.9. The second-order valence-corrected chi connectivity index (χ2v) is 10.1. The van der Waals surface area contributed by atoms with Gasteiger partial charge in [0.15, 0.2) is 0 Å².